The monoisotopic (exact) mass is 217 g/mol. The zero-order valence-electron chi connectivity index (χ0n) is 8.11. The lowest BCUT2D eigenvalue weighted by molar-refractivity contribution is -0.385. The lowest BCUT2D eigenvalue weighted by Gasteiger charge is -2.01. The van der Waals surface area contributed by atoms with Gasteiger partial charge in [-0.2, -0.15) is 9.97 Å². The Hall–Kier alpha value is -2.50. The van der Waals surface area contributed by atoms with Gasteiger partial charge < -0.3 is 4.74 Å². The zero-order valence-corrected chi connectivity index (χ0v) is 8.11. The molecule has 0 radical (unpaired) electrons. The second-order valence-corrected chi connectivity index (χ2v) is 2.90. The van der Waals surface area contributed by atoms with E-state index >= 15 is 0 Å². The lowest BCUT2D eigenvalue weighted by Crippen LogP contribution is -1.94. The Labute approximate surface area is 90.7 Å². The molecule has 6 heteroatoms. The minimum Gasteiger partial charge on any atom is -0.424 e. The predicted octanol–water partition coefficient (Wildman–Crippen LogP) is 2.18. The summed E-state index contributed by atoms with van der Waals surface area (Å²) in [5.74, 6) is 0.580. The lowest BCUT2D eigenvalue weighted by atomic mass is 10.3. The highest BCUT2D eigenvalue weighted by molar-refractivity contribution is 5.26. The Morgan fingerprint density at radius 1 is 1.12 bits per heavy atom. The average Bonchev–Trinajstić information content (AvgIpc) is 2.31. The second-order valence-electron chi connectivity index (χ2n) is 2.90. The van der Waals surface area contributed by atoms with Gasteiger partial charge in [0.05, 0.1) is 4.92 Å². The number of nitrogens with zero attached hydrogens (tertiary/aromatic N) is 3. The van der Waals surface area contributed by atoms with Crippen LogP contribution < -0.4 is 4.74 Å². The summed E-state index contributed by atoms with van der Waals surface area (Å²) in [5, 5.41) is 10.4. The van der Waals surface area contributed by atoms with Gasteiger partial charge in [-0.15, -0.1) is 0 Å². The summed E-state index contributed by atoms with van der Waals surface area (Å²) >= 11 is 0. The van der Waals surface area contributed by atoms with E-state index in [0.717, 1.165) is 12.4 Å². The van der Waals surface area contributed by atoms with Gasteiger partial charge in [0.1, 0.15) is 18.1 Å². The summed E-state index contributed by atoms with van der Waals surface area (Å²) in [6, 6.07) is 9.03. The molecule has 1 aromatic carbocycles. The zero-order chi connectivity index (χ0) is 11.4. The minimum absolute atomic E-state index is 0.0804. The number of nitro groups is 1. The van der Waals surface area contributed by atoms with Crippen LogP contribution in [0.15, 0.2) is 42.7 Å². The number of ether oxygens (including phenoxy) is 1. The van der Waals surface area contributed by atoms with E-state index in [0.29, 0.717) is 5.75 Å². The topological polar surface area (TPSA) is 78.2 Å². The molecule has 0 aliphatic carbocycles. The van der Waals surface area contributed by atoms with Crippen LogP contribution in [0.5, 0.6) is 11.8 Å². The van der Waals surface area contributed by atoms with Gasteiger partial charge in [-0.1, -0.05) is 18.2 Å². The van der Waals surface area contributed by atoms with Crippen molar-refractivity contribution >= 4 is 5.69 Å². The standard InChI is InChI=1S/C10H7N3O3/c14-13(15)8-6-11-10(12-7-8)16-9-4-2-1-3-5-9/h1-7H. The van der Waals surface area contributed by atoms with Crippen LogP contribution in [-0.4, -0.2) is 14.9 Å². The highest BCUT2D eigenvalue weighted by Gasteiger charge is 2.07. The van der Waals surface area contributed by atoms with E-state index in [9.17, 15) is 10.1 Å². The highest BCUT2D eigenvalue weighted by Crippen LogP contribution is 2.17. The summed E-state index contributed by atoms with van der Waals surface area (Å²) in [5.41, 5.74) is -0.166. The molecule has 0 atom stereocenters. The van der Waals surface area contributed by atoms with E-state index in [-0.39, 0.29) is 11.7 Å². The van der Waals surface area contributed by atoms with Crippen molar-refractivity contribution in [3.05, 3.63) is 52.8 Å². The van der Waals surface area contributed by atoms with Crippen molar-refractivity contribution < 1.29 is 9.66 Å². The molecule has 2 aromatic rings. The van der Waals surface area contributed by atoms with E-state index in [4.69, 9.17) is 4.74 Å². The molecule has 0 unspecified atom stereocenters. The molecule has 80 valence electrons. The Balaban J connectivity index is 2.14. The fourth-order valence-electron chi connectivity index (χ4n) is 1.05. The normalized spacial score (nSPS) is 9.75. The van der Waals surface area contributed by atoms with Gasteiger partial charge in [-0.3, -0.25) is 10.1 Å². The van der Waals surface area contributed by atoms with Gasteiger partial charge in [-0.25, -0.2) is 0 Å². The summed E-state index contributed by atoms with van der Waals surface area (Å²) in [6.07, 6.45) is 2.20. The fraction of sp³-hybridized carbons (Fsp3) is 0. The Morgan fingerprint density at radius 3 is 2.31 bits per heavy atom. The van der Waals surface area contributed by atoms with Crippen LogP contribution in [0.25, 0.3) is 0 Å². The number of benzene rings is 1. The molecule has 0 amide bonds. The highest BCUT2D eigenvalue weighted by atomic mass is 16.6. The molecule has 0 fully saturated rings. The minimum atomic E-state index is -0.563. The van der Waals surface area contributed by atoms with Gasteiger partial charge in [0.15, 0.2) is 0 Å². The molecule has 2 rings (SSSR count). The van der Waals surface area contributed by atoms with E-state index in [1.165, 1.54) is 0 Å². The van der Waals surface area contributed by atoms with Crippen LogP contribution >= 0.6 is 0 Å². The molecular weight excluding hydrogens is 210 g/mol. The first-order valence-corrected chi connectivity index (χ1v) is 4.45. The second kappa shape index (κ2) is 4.35. The van der Waals surface area contributed by atoms with Crippen molar-refractivity contribution in [2.24, 2.45) is 0 Å². The molecule has 0 spiro atoms. The van der Waals surface area contributed by atoms with Gasteiger partial charge in [0.2, 0.25) is 0 Å². The van der Waals surface area contributed by atoms with Gasteiger partial charge in [0, 0.05) is 0 Å². The van der Waals surface area contributed by atoms with Crippen LogP contribution in [0.4, 0.5) is 5.69 Å². The van der Waals surface area contributed by atoms with Crippen molar-refractivity contribution in [1.29, 1.82) is 0 Å². The third-order valence-electron chi connectivity index (χ3n) is 1.78. The smallest absolute Gasteiger partial charge is 0.322 e. The molecule has 0 saturated heterocycles. The molecule has 1 aromatic heterocycles. The molecule has 0 N–H and O–H groups in total. The van der Waals surface area contributed by atoms with E-state index in [2.05, 4.69) is 9.97 Å². The van der Waals surface area contributed by atoms with Crippen molar-refractivity contribution in [1.82, 2.24) is 9.97 Å². The third kappa shape index (κ3) is 2.30. The first kappa shape index (κ1) is 10.0. The molecule has 16 heavy (non-hydrogen) atoms. The number of para-hydroxylation sites is 1. The van der Waals surface area contributed by atoms with Crippen LogP contribution in [0.1, 0.15) is 0 Å². The van der Waals surface area contributed by atoms with Crippen LogP contribution in [-0.2, 0) is 0 Å². The van der Waals surface area contributed by atoms with Gasteiger partial charge in [0.25, 0.3) is 0 Å². The molecular formula is C10H7N3O3. The molecule has 0 saturated carbocycles. The summed E-state index contributed by atoms with van der Waals surface area (Å²) in [6.45, 7) is 0. The maximum atomic E-state index is 10.4. The van der Waals surface area contributed by atoms with Crippen LogP contribution in [0, 0.1) is 10.1 Å². The average molecular weight is 217 g/mol. The summed E-state index contributed by atoms with van der Waals surface area (Å²) in [7, 11) is 0. The predicted molar refractivity (Wildman–Crippen MR) is 55.2 cm³/mol. The van der Waals surface area contributed by atoms with E-state index in [1.54, 1.807) is 24.3 Å². The first-order chi connectivity index (χ1) is 7.75. The molecule has 1 heterocycles. The molecule has 6 nitrogen and oxygen atoms in total. The van der Waals surface area contributed by atoms with E-state index in [1.807, 2.05) is 6.07 Å². The SMILES string of the molecule is O=[N+]([O-])c1cnc(Oc2ccccc2)nc1. The maximum absolute atomic E-state index is 10.4. The molecule has 0 aliphatic heterocycles. The summed E-state index contributed by atoms with van der Waals surface area (Å²) < 4.78 is 5.27. The van der Waals surface area contributed by atoms with Crippen molar-refractivity contribution in [3.63, 3.8) is 0 Å². The Kier molecular flexibility index (Phi) is 2.73. The number of rotatable bonds is 3. The quantitative estimate of drug-likeness (QED) is 0.581. The fourth-order valence-corrected chi connectivity index (χ4v) is 1.05. The third-order valence-corrected chi connectivity index (χ3v) is 1.78. The largest absolute Gasteiger partial charge is 0.424 e. The van der Waals surface area contributed by atoms with Crippen LogP contribution in [0.2, 0.25) is 0 Å². The molecule has 0 aliphatic rings. The van der Waals surface area contributed by atoms with Crippen molar-refractivity contribution in [3.8, 4) is 11.8 Å². The Bertz CT molecular complexity index is 484. The Morgan fingerprint density at radius 2 is 1.75 bits per heavy atom. The van der Waals surface area contributed by atoms with Gasteiger partial charge in [-0.05, 0) is 12.1 Å². The number of hydrogen-bond donors (Lipinski definition) is 0. The molecule has 0 bridgehead atoms. The van der Waals surface area contributed by atoms with Gasteiger partial charge >= 0.3 is 11.7 Å². The summed E-state index contributed by atoms with van der Waals surface area (Å²) in [4.78, 5) is 17.2. The van der Waals surface area contributed by atoms with Crippen molar-refractivity contribution in [2.45, 2.75) is 0 Å². The number of aromatic nitrogens is 2. The van der Waals surface area contributed by atoms with E-state index < -0.39 is 4.92 Å². The first-order valence-electron chi connectivity index (χ1n) is 4.45. The number of hydrogen-bond acceptors (Lipinski definition) is 5. The van der Waals surface area contributed by atoms with Crippen LogP contribution in [0.3, 0.4) is 0 Å². The van der Waals surface area contributed by atoms with Crippen molar-refractivity contribution in [2.75, 3.05) is 0 Å². The maximum Gasteiger partial charge on any atom is 0.322 e.